The second kappa shape index (κ2) is 5.11. The summed E-state index contributed by atoms with van der Waals surface area (Å²) >= 11 is 2.01. The number of thioether (sulfide) groups is 1. The van der Waals surface area contributed by atoms with Crippen molar-refractivity contribution in [1.29, 1.82) is 0 Å². The fourth-order valence-electron chi connectivity index (χ4n) is 2.62. The van der Waals surface area contributed by atoms with E-state index in [1.54, 1.807) is 7.11 Å². The van der Waals surface area contributed by atoms with Crippen molar-refractivity contribution in [2.45, 2.75) is 29.4 Å². The van der Waals surface area contributed by atoms with Crippen molar-refractivity contribution in [3.05, 3.63) is 29.3 Å². The van der Waals surface area contributed by atoms with Crippen LogP contribution in [0.1, 0.15) is 23.6 Å². The van der Waals surface area contributed by atoms with Gasteiger partial charge in [0.2, 0.25) is 0 Å². The predicted octanol–water partition coefficient (Wildman–Crippen LogP) is 2.14. The highest BCUT2D eigenvalue weighted by Crippen LogP contribution is 2.39. The highest BCUT2D eigenvalue weighted by molar-refractivity contribution is 8.00. The van der Waals surface area contributed by atoms with E-state index in [-0.39, 0.29) is 6.04 Å². The third-order valence-electron chi connectivity index (χ3n) is 3.78. The largest absolute Gasteiger partial charge is 0.497 e. The second-order valence-corrected chi connectivity index (χ2v) is 6.51. The predicted molar refractivity (Wildman–Crippen MR) is 74.2 cm³/mol. The average Bonchev–Trinajstić information content (AvgIpc) is 2.35. The topological polar surface area (TPSA) is 44.5 Å². The van der Waals surface area contributed by atoms with E-state index in [9.17, 15) is 0 Å². The van der Waals surface area contributed by atoms with Crippen LogP contribution < -0.4 is 10.5 Å². The van der Waals surface area contributed by atoms with E-state index < -0.39 is 0 Å². The minimum Gasteiger partial charge on any atom is -0.497 e. The number of ether oxygens (including phenoxy) is 2. The minimum absolute atomic E-state index is 0.144. The van der Waals surface area contributed by atoms with Crippen molar-refractivity contribution >= 4 is 11.8 Å². The summed E-state index contributed by atoms with van der Waals surface area (Å²) < 4.78 is 10.5. The Balaban J connectivity index is 1.76. The van der Waals surface area contributed by atoms with Gasteiger partial charge in [-0.25, -0.2) is 0 Å². The summed E-state index contributed by atoms with van der Waals surface area (Å²) in [5, 5.41) is 1.18. The van der Waals surface area contributed by atoms with Gasteiger partial charge in [-0.3, -0.25) is 0 Å². The number of fused-ring (bicyclic) bond motifs is 1. The van der Waals surface area contributed by atoms with Crippen LogP contribution in [-0.2, 0) is 11.2 Å². The molecular formula is C14H19NO2S. The van der Waals surface area contributed by atoms with E-state index in [1.807, 2.05) is 17.8 Å². The molecular weight excluding hydrogens is 246 g/mol. The summed E-state index contributed by atoms with van der Waals surface area (Å²) in [7, 11) is 1.71. The Labute approximate surface area is 112 Å². The fraction of sp³-hybridized carbons (Fsp3) is 0.571. The molecule has 0 aromatic heterocycles. The van der Waals surface area contributed by atoms with Crippen molar-refractivity contribution < 1.29 is 9.47 Å². The van der Waals surface area contributed by atoms with Gasteiger partial charge in [0, 0.05) is 11.3 Å². The molecule has 3 rings (SSSR count). The van der Waals surface area contributed by atoms with E-state index in [4.69, 9.17) is 15.2 Å². The zero-order valence-corrected chi connectivity index (χ0v) is 11.4. The van der Waals surface area contributed by atoms with Gasteiger partial charge in [-0.15, -0.1) is 11.8 Å². The van der Waals surface area contributed by atoms with Gasteiger partial charge in [0.1, 0.15) is 5.75 Å². The highest BCUT2D eigenvalue weighted by Gasteiger charge is 2.31. The third-order valence-corrected chi connectivity index (χ3v) is 5.32. The first kappa shape index (κ1) is 12.3. The van der Waals surface area contributed by atoms with E-state index in [0.29, 0.717) is 10.5 Å². The standard InChI is InChI=1S/C14H19NO2S/c1-16-10-3-4-12-9(6-10)2-5-13(14(12)15)18-11-7-17-8-11/h3-4,6,11,13-14H,2,5,7-8,15H2,1H3. The Hall–Kier alpha value is -0.710. The lowest BCUT2D eigenvalue weighted by Gasteiger charge is -2.35. The number of methoxy groups -OCH3 is 1. The van der Waals surface area contributed by atoms with Crippen LogP contribution in [0.25, 0.3) is 0 Å². The van der Waals surface area contributed by atoms with Crippen LogP contribution in [0.4, 0.5) is 0 Å². The van der Waals surface area contributed by atoms with Gasteiger partial charge >= 0.3 is 0 Å². The average molecular weight is 265 g/mol. The summed E-state index contributed by atoms with van der Waals surface area (Å²) in [5.41, 5.74) is 9.05. The van der Waals surface area contributed by atoms with Gasteiger partial charge in [0.25, 0.3) is 0 Å². The van der Waals surface area contributed by atoms with Gasteiger partial charge in [-0.05, 0) is 36.1 Å². The molecule has 2 atom stereocenters. The minimum atomic E-state index is 0.144. The summed E-state index contributed by atoms with van der Waals surface area (Å²) in [6.07, 6.45) is 2.26. The summed E-state index contributed by atoms with van der Waals surface area (Å²) in [4.78, 5) is 0. The Kier molecular flexibility index (Phi) is 3.50. The number of nitrogens with two attached hydrogens (primary N) is 1. The number of hydrogen-bond acceptors (Lipinski definition) is 4. The van der Waals surface area contributed by atoms with Crippen LogP contribution in [0.15, 0.2) is 18.2 Å². The molecule has 1 aliphatic carbocycles. The number of hydrogen-bond donors (Lipinski definition) is 1. The van der Waals surface area contributed by atoms with Gasteiger partial charge < -0.3 is 15.2 Å². The molecule has 1 aromatic carbocycles. The Morgan fingerprint density at radius 1 is 1.39 bits per heavy atom. The zero-order valence-electron chi connectivity index (χ0n) is 10.6. The lowest BCUT2D eigenvalue weighted by atomic mass is 9.87. The quantitative estimate of drug-likeness (QED) is 0.909. The Morgan fingerprint density at radius 2 is 2.22 bits per heavy atom. The summed E-state index contributed by atoms with van der Waals surface area (Å²) in [6.45, 7) is 1.78. The third kappa shape index (κ3) is 2.25. The monoisotopic (exact) mass is 265 g/mol. The van der Waals surface area contributed by atoms with Crippen LogP contribution in [0, 0.1) is 0 Å². The normalized spacial score (nSPS) is 27.4. The molecule has 1 aromatic rings. The first-order valence-electron chi connectivity index (χ1n) is 6.43. The molecule has 1 fully saturated rings. The van der Waals surface area contributed by atoms with Crippen LogP contribution in [0.5, 0.6) is 5.75 Å². The number of rotatable bonds is 3. The molecule has 2 aliphatic rings. The SMILES string of the molecule is COc1ccc2c(c1)CCC(SC1COC1)C2N. The molecule has 1 aliphatic heterocycles. The summed E-state index contributed by atoms with van der Waals surface area (Å²) in [5.74, 6) is 0.930. The molecule has 1 heterocycles. The molecule has 0 amide bonds. The second-order valence-electron chi connectivity index (χ2n) is 4.96. The number of aryl methyl sites for hydroxylation is 1. The van der Waals surface area contributed by atoms with Crippen LogP contribution >= 0.6 is 11.8 Å². The fourth-order valence-corrected chi connectivity index (χ4v) is 4.03. The van der Waals surface area contributed by atoms with Crippen molar-refractivity contribution in [2.24, 2.45) is 5.73 Å². The molecule has 0 saturated carbocycles. The van der Waals surface area contributed by atoms with E-state index in [1.165, 1.54) is 11.1 Å². The van der Waals surface area contributed by atoms with Crippen LogP contribution in [0.2, 0.25) is 0 Å². The van der Waals surface area contributed by atoms with Crippen molar-refractivity contribution in [2.75, 3.05) is 20.3 Å². The van der Waals surface area contributed by atoms with Crippen molar-refractivity contribution in [3.8, 4) is 5.75 Å². The van der Waals surface area contributed by atoms with Crippen molar-refractivity contribution in [1.82, 2.24) is 0 Å². The van der Waals surface area contributed by atoms with Crippen molar-refractivity contribution in [3.63, 3.8) is 0 Å². The molecule has 4 heteroatoms. The maximum Gasteiger partial charge on any atom is 0.119 e. The lowest BCUT2D eigenvalue weighted by Crippen LogP contribution is -2.37. The molecule has 2 N–H and O–H groups in total. The Morgan fingerprint density at radius 3 is 2.89 bits per heavy atom. The van der Waals surface area contributed by atoms with Crippen LogP contribution in [0.3, 0.4) is 0 Å². The van der Waals surface area contributed by atoms with E-state index >= 15 is 0 Å². The van der Waals surface area contributed by atoms with E-state index in [0.717, 1.165) is 31.8 Å². The molecule has 3 nitrogen and oxygen atoms in total. The number of benzene rings is 1. The molecule has 18 heavy (non-hydrogen) atoms. The molecule has 2 unspecified atom stereocenters. The van der Waals surface area contributed by atoms with Gasteiger partial charge in [-0.2, -0.15) is 0 Å². The molecule has 1 saturated heterocycles. The maximum absolute atomic E-state index is 6.41. The van der Waals surface area contributed by atoms with Gasteiger partial charge in [-0.1, -0.05) is 6.07 Å². The summed E-state index contributed by atoms with van der Waals surface area (Å²) in [6, 6.07) is 6.41. The molecule has 98 valence electrons. The maximum atomic E-state index is 6.41. The van der Waals surface area contributed by atoms with Crippen LogP contribution in [-0.4, -0.2) is 30.8 Å². The Bertz CT molecular complexity index is 434. The van der Waals surface area contributed by atoms with E-state index in [2.05, 4.69) is 12.1 Å². The molecule has 0 radical (unpaired) electrons. The highest BCUT2D eigenvalue weighted by atomic mass is 32.2. The van der Waals surface area contributed by atoms with Gasteiger partial charge in [0.15, 0.2) is 0 Å². The molecule has 0 bridgehead atoms. The zero-order chi connectivity index (χ0) is 12.5. The first-order chi connectivity index (χ1) is 8.78. The first-order valence-corrected chi connectivity index (χ1v) is 7.38. The smallest absolute Gasteiger partial charge is 0.119 e. The lowest BCUT2D eigenvalue weighted by molar-refractivity contribution is 0.0452. The molecule has 0 spiro atoms. The van der Waals surface area contributed by atoms with Gasteiger partial charge in [0.05, 0.1) is 25.6 Å².